The van der Waals surface area contributed by atoms with Crippen molar-refractivity contribution in [3.05, 3.63) is 99.1 Å². The zero-order valence-electron chi connectivity index (χ0n) is 15.0. The van der Waals surface area contributed by atoms with Crippen LogP contribution in [0, 0.1) is 5.82 Å². The summed E-state index contributed by atoms with van der Waals surface area (Å²) in [6.07, 6.45) is 1.51. The molecule has 0 saturated carbocycles. The van der Waals surface area contributed by atoms with Crippen LogP contribution in [0.1, 0.15) is 5.56 Å². The maximum Gasteiger partial charge on any atom is 0.337 e. The average molecular weight is 377 g/mol. The van der Waals surface area contributed by atoms with Gasteiger partial charge in [-0.3, -0.25) is 9.36 Å². The standard InChI is InChI=1S/C21H16FN3O3/c1-28-18-11-5-4-10-17(18)25-19-15(8-6-12-23-19)20(26)24(21(25)27)13-14-7-2-3-9-16(14)22/h2-12H,13H2,1H3. The van der Waals surface area contributed by atoms with Gasteiger partial charge in [-0.1, -0.05) is 30.3 Å². The van der Waals surface area contributed by atoms with Crippen LogP contribution in [-0.4, -0.2) is 21.2 Å². The second-order valence-corrected chi connectivity index (χ2v) is 6.15. The number of fused-ring (bicyclic) bond motifs is 1. The fraction of sp³-hybridized carbons (Fsp3) is 0.0952. The summed E-state index contributed by atoms with van der Waals surface area (Å²) in [6.45, 7) is -0.190. The third-order valence-corrected chi connectivity index (χ3v) is 4.51. The fourth-order valence-corrected chi connectivity index (χ4v) is 3.15. The first-order chi connectivity index (χ1) is 13.6. The summed E-state index contributed by atoms with van der Waals surface area (Å²) in [7, 11) is 1.49. The smallest absolute Gasteiger partial charge is 0.337 e. The van der Waals surface area contributed by atoms with Crippen LogP contribution in [0.3, 0.4) is 0 Å². The number of para-hydroxylation sites is 2. The Balaban J connectivity index is 2.07. The van der Waals surface area contributed by atoms with Crippen LogP contribution >= 0.6 is 0 Å². The van der Waals surface area contributed by atoms with E-state index in [4.69, 9.17) is 4.74 Å². The van der Waals surface area contributed by atoms with E-state index in [9.17, 15) is 14.0 Å². The van der Waals surface area contributed by atoms with Gasteiger partial charge in [-0.05, 0) is 30.3 Å². The highest BCUT2D eigenvalue weighted by Gasteiger charge is 2.18. The molecule has 6 nitrogen and oxygen atoms in total. The second kappa shape index (κ2) is 7.11. The van der Waals surface area contributed by atoms with Gasteiger partial charge >= 0.3 is 5.69 Å². The van der Waals surface area contributed by atoms with E-state index < -0.39 is 17.1 Å². The van der Waals surface area contributed by atoms with Crippen molar-refractivity contribution in [3.8, 4) is 11.4 Å². The molecule has 4 rings (SSSR count). The Labute approximate surface area is 159 Å². The molecule has 0 N–H and O–H groups in total. The lowest BCUT2D eigenvalue weighted by atomic mass is 10.2. The molecule has 28 heavy (non-hydrogen) atoms. The molecule has 140 valence electrons. The molecular weight excluding hydrogens is 361 g/mol. The maximum atomic E-state index is 14.1. The number of pyridine rings is 1. The van der Waals surface area contributed by atoms with Gasteiger partial charge in [-0.25, -0.2) is 18.7 Å². The number of nitrogens with zero attached hydrogens (tertiary/aromatic N) is 3. The first kappa shape index (κ1) is 17.7. The Kier molecular flexibility index (Phi) is 4.49. The van der Waals surface area contributed by atoms with Gasteiger partial charge in [-0.15, -0.1) is 0 Å². The molecular formula is C21H16FN3O3. The molecule has 0 spiro atoms. The molecule has 7 heteroatoms. The Bertz CT molecular complexity index is 1290. The number of aromatic nitrogens is 3. The SMILES string of the molecule is COc1ccccc1-n1c(=O)n(Cc2ccccc2F)c(=O)c2cccnc21. The summed E-state index contributed by atoms with van der Waals surface area (Å²) < 4.78 is 21.8. The van der Waals surface area contributed by atoms with Gasteiger partial charge in [0.15, 0.2) is 5.65 Å². The number of hydrogen-bond acceptors (Lipinski definition) is 4. The molecule has 0 aliphatic heterocycles. The molecule has 0 aliphatic carbocycles. The van der Waals surface area contributed by atoms with Crippen molar-refractivity contribution in [2.45, 2.75) is 6.54 Å². The van der Waals surface area contributed by atoms with Gasteiger partial charge in [0.05, 0.1) is 24.7 Å². The van der Waals surface area contributed by atoms with E-state index in [1.54, 1.807) is 54.6 Å². The molecule has 2 aromatic heterocycles. The lowest BCUT2D eigenvalue weighted by molar-refractivity contribution is 0.412. The molecule has 0 atom stereocenters. The minimum atomic E-state index is -0.621. The highest BCUT2D eigenvalue weighted by atomic mass is 19.1. The van der Waals surface area contributed by atoms with Crippen molar-refractivity contribution >= 4 is 11.0 Å². The molecule has 0 bridgehead atoms. The van der Waals surface area contributed by atoms with E-state index in [0.717, 1.165) is 4.57 Å². The first-order valence-corrected chi connectivity index (χ1v) is 8.59. The van der Waals surface area contributed by atoms with E-state index in [-0.39, 0.29) is 23.1 Å². The minimum absolute atomic E-state index is 0.190. The number of methoxy groups -OCH3 is 1. The van der Waals surface area contributed by atoms with E-state index in [2.05, 4.69) is 4.98 Å². The highest BCUT2D eigenvalue weighted by molar-refractivity contribution is 5.76. The number of ether oxygens (including phenoxy) is 1. The molecule has 0 unspecified atom stereocenters. The summed E-state index contributed by atoms with van der Waals surface area (Å²) in [4.78, 5) is 30.5. The van der Waals surface area contributed by atoms with Crippen LogP contribution in [0.4, 0.5) is 4.39 Å². The van der Waals surface area contributed by atoms with Crippen molar-refractivity contribution in [1.29, 1.82) is 0 Å². The number of halogens is 1. The number of benzene rings is 2. The zero-order chi connectivity index (χ0) is 19.7. The van der Waals surface area contributed by atoms with Crippen LogP contribution in [0.5, 0.6) is 5.75 Å². The van der Waals surface area contributed by atoms with Gasteiger partial charge in [0.2, 0.25) is 0 Å². The average Bonchev–Trinajstić information content (AvgIpc) is 2.73. The Morgan fingerprint density at radius 2 is 1.75 bits per heavy atom. The number of rotatable bonds is 4. The molecule has 0 saturated heterocycles. The predicted molar refractivity (Wildman–Crippen MR) is 104 cm³/mol. The van der Waals surface area contributed by atoms with Crippen molar-refractivity contribution in [3.63, 3.8) is 0 Å². The Morgan fingerprint density at radius 3 is 2.54 bits per heavy atom. The summed E-state index contributed by atoms with van der Waals surface area (Å²) in [5, 5.41) is 0.254. The van der Waals surface area contributed by atoms with Gasteiger partial charge in [0.25, 0.3) is 5.56 Å². The van der Waals surface area contributed by atoms with Crippen molar-refractivity contribution in [2.75, 3.05) is 7.11 Å². The summed E-state index contributed by atoms with van der Waals surface area (Å²) in [6, 6.07) is 16.2. The summed E-state index contributed by atoms with van der Waals surface area (Å²) >= 11 is 0. The largest absolute Gasteiger partial charge is 0.495 e. The Morgan fingerprint density at radius 1 is 1.00 bits per heavy atom. The normalized spacial score (nSPS) is 10.9. The summed E-state index contributed by atoms with van der Waals surface area (Å²) in [5.41, 5.74) is -0.240. The van der Waals surface area contributed by atoms with Gasteiger partial charge in [0.1, 0.15) is 11.6 Å². The third-order valence-electron chi connectivity index (χ3n) is 4.51. The van der Waals surface area contributed by atoms with Gasteiger partial charge in [-0.2, -0.15) is 0 Å². The molecule has 0 fully saturated rings. The van der Waals surface area contributed by atoms with Crippen LogP contribution in [-0.2, 0) is 6.54 Å². The van der Waals surface area contributed by atoms with Gasteiger partial charge < -0.3 is 4.74 Å². The molecule has 2 aromatic carbocycles. The molecule has 4 aromatic rings. The molecule has 0 amide bonds. The van der Waals surface area contributed by atoms with E-state index in [1.807, 2.05) is 0 Å². The Hall–Kier alpha value is -3.74. The minimum Gasteiger partial charge on any atom is -0.495 e. The monoisotopic (exact) mass is 377 g/mol. The van der Waals surface area contributed by atoms with Crippen molar-refractivity contribution < 1.29 is 9.13 Å². The van der Waals surface area contributed by atoms with E-state index in [0.29, 0.717) is 11.4 Å². The van der Waals surface area contributed by atoms with Crippen LogP contribution in [0.2, 0.25) is 0 Å². The highest BCUT2D eigenvalue weighted by Crippen LogP contribution is 2.22. The maximum absolute atomic E-state index is 14.1. The molecule has 0 radical (unpaired) electrons. The van der Waals surface area contributed by atoms with Crippen molar-refractivity contribution in [1.82, 2.24) is 14.1 Å². The summed E-state index contributed by atoms with van der Waals surface area (Å²) in [5.74, 6) is -0.0310. The van der Waals surface area contributed by atoms with Gasteiger partial charge in [0, 0.05) is 11.8 Å². The lowest BCUT2D eigenvalue weighted by Gasteiger charge is -2.15. The lowest BCUT2D eigenvalue weighted by Crippen LogP contribution is -2.40. The topological polar surface area (TPSA) is 66.1 Å². The van der Waals surface area contributed by atoms with Crippen molar-refractivity contribution in [2.24, 2.45) is 0 Å². The van der Waals surface area contributed by atoms with Crippen LogP contribution < -0.4 is 16.0 Å². The second-order valence-electron chi connectivity index (χ2n) is 6.15. The quantitative estimate of drug-likeness (QED) is 0.549. The third kappa shape index (κ3) is 2.87. The van der Waals surface area contributed by atoms with Crippen LogP contribution in [0.25, 0.3) is 16.7 Å². The molecule has 2 heterocycles. The van der Waals surface area contributed by atoms with Crippen LogP contribution in [0.15, 0.2) is 76.4 Å². The first-order valence-electron chi connectivity index (χ1n) is 8.59. The number of hydrogen-bond donors (Lipinski definition) is 0. The van der Waals surface area contributed by atoms with E-state index >= 15 is 0 Å². The zero-order valence-corrected chi connectivity index (χ0v) is 15.0. The van der Waals surface area contributed by atoms with E-state index in [1.165, 1.54) is 23.9 Å². The predicted octanol–water partition coefficient (Wildman–Crippen LogP) is 2.74. The fourth-order valence-electron chi connectivity index (χ4n) is 3.15. The molecule has 0 aliphatic rings.